The predicted octanol–water partition coefficient (Wildman–Crippen LogP) is 3.57. The fourth-order valence-electron chi connectivity index (χ4n) is 1.54. The van der Waals surface area contributed by atoms with Gasteiger partial charge in [0, 0.05) is 6.42 Å². The Morgan fingerprint density at radius 2 is 1.93 bits per heavy atom. The van der Waals surface area contributed by atoms with E-state index >= 15 is 0 Å². The van der Waals surface area contributed by atoms with E-state index in [4.69, 9.17) is 11.6 Å². The van der Waals surface area contributed by atoms with Gasteiger partial charge in [-0.05, 0) is 24.5 Å². The normalized spacial score (nSPS) is 11.8. The SMILES string of the molecule is CCC(O)(CC)Cc1cccc(Cl)c1F. The molecule has 0 amide bonds. The van der Waals surface area contributed by atoms with Gasteiger partial charge in [-0.25, -0.2) is 4.39 Å². The molecule has 0 fully saturated rings. The summed E-state index contributed by atoms with van der Waals surface area (Å²) < 4.78 is 13.6. The first-order valence-electron chi connectivity index (χ1n) is 5.17. The molecule has 1 N–H and O–H groups in total. The monoisotopic (exact) mass is 230 g/mol. The second-order valence-corrected chi connectivity index (χ2v) is 4.23. The highest BCUT2D eigenvalue weighted by atomic mass is 35.5. The molecule has 84 valence electrons. The van der Waals surface area contributed by atoms with Crippen molar-refractivity contribution in [2.24, 2.45) is 0 Å². The third kappa shape index (κ3) is 2.93. The minimum Gasteiger partial charge on any atom is -0.390 e. The topological polar surface area (TPSA) is 20.2 Å². The first kappa shape index (κ1) is 12.5. The van der Waals surface area contributed by atoms with Crippen LogP contribution in [-0.4, -0.2) is 10.7 Å². The summed E-state index contributed by atoms with van der Waals surface area (Å²) in [6.45, 7) is 3.79. The zero-order valence-corrected chi connectivity index (χ0v) is 9.81. The van der Waals surface area contributed by atoms with Crippen molar-refractivity contribution in [1.82, 2.24) is 0 Å². The summed E-state index contributed by atoms with van der Waals surface area (Å²) in [5.41, 5.74) is -0.348. The molecule has 1 nitrogen and oxygen atoms in total. The van der Waals surface area contributed by atoms with Gasteiger partial charge in [-0.1, -0.05) is 37.6 Å². The van der Waals surface area contributed by atoms with Crippen LogP contribution in [0.4, 0.5) is 4.39 Å². The molecule has 1 aromatic rings. The largest absolute Gasteiger partial charge is 0.390 e. The maximum Gasteiger partial charge on any atom is 0.145 e. The molecule has 0 saturated heterocycles. The first-order chi connectivity index (χ1) is 7.02. The Labute approximate surface area is 94.9 Å². The first-order valence-corrected chi connectivity index (χ1v) is 5.55. The highest BCUT2D eigenvalue weighted by Gasteiger charge is 2.24. The summed E-state index contributed by atoms with van der Waals surface area (Å²) in [4.78, 5) is 0. The van der Waals surface area contributed by atoms with Crippen molar-refractivity contribution >= 4 is 11.6 Å². The van der Waals surface area contributed by atoms with Gasteiger partial charge in [0.1, 0.15) is 5.82 Å². The minimum absolute atomic E-state index is 0.113. The zero-order chi connectivity index (χ0) is 11.5. The predicted molar refractivity (Wildman–Crippen MR) is 60.6 cm³/mol. The van der Waals surface area contributed by atoms with Crippen LogP contribution in [0.25, 0.3) is 0 Å². The van der Waals surface area contributed by atoms with E-state index in [1.165, 1.54) is 6.07 Å². The van der Waals surface area contributed by atoms with E-state index in [1.807, 2.05) is 13.8 Å². The third-order valence-corrected chi connectivity index (χ3v) is 3.16. The molecule has 0 bridgehead atoms. The van der Waals surface area contributed by atoms with Gasteiger partial charge in [0.15, 0.2) is 0 Å². The van der Waals surface area contributed by atoms with Gasteiger partial charge in [-0.2, -0.15) is 0 Å². The summed E-state index contributed by atoms with van der Waals surface area (Å²) in [7, 11) is 0. The maximum atomic E-state index is 13.6. The minimum atomic E-state index is -0.828. The van der Waals surface area contributed by atoms with Gasteiger partial charge in [0.05, 0.1) is 10.6 Å². The van der Waals surface area contributed by atoms with Crippen molar-refractivity contribution in [3.63, 3.8) is 0 Å². The van der Waals surface area contributed by atoms with Crippen molar-refractivity contribution in [3.8, 4) is 0 Å². The molecule has 1 aromatic carbocycles. The van der Waals surface area contributed by atoms with Crippen LogP contribution in [0.3, 0.4) is 0 Å². The Hall–Kier alpha value is -0.600. The second-order valence-electron chi connectivity index (χ2n) is 3.82. The standard InChI is InChI=1S/C12H16ClFO/c1-3-12(15,4-2)8-9-6-5-7-10(13)11(9)14/h5-7,15H,3-4,8H2,1-2H3. The zero-order valence-electron chi connectivity index (χ0n) is 9.06. The van der Waals surface area contributed by atoms with Crippen molar-refractivity contribution in [3.05, 3.63) is 34.6 Å². The summed E-state index contributed by atoms with van der Waals surface area (Å²) in [6, 6.07) is 4.88. The van der Waals surface area contributed by atoms with Gasteiger partial charge in [-0.15, -0.1) is 0 Å². The summed E-state index contributed by atoms with van der Waals surface area (Å²) in [6.07, 6.45) is 1.53. The van der Waals surface area contributed by atoms with E-state index in [9.17, 15) is 9.50 Å². The smallest absolute Gasteiger partial charge is 0.145 e. The Morgan fingerprint density at radius 1 is 1.33 bits per heavy atom. The Morgan fingerprint density at radius 3 is 2.47 bits per heavy atom. The fourth-order valence-corrected chi connectivity index (χ4v) is 1.73. The van der Waals surface area contributed by atoms with Crippen molar-refractivity contribution in [1.29, 1.82) is 0 Å². The average Bonchev–Trinajstić information content (AvgIpc) is 2.25. The van der Waals surface area contributed by atoms with E-state index in [0.29, 0.717) is 24.8 Å². The number of benzene rings is 1. The van der Waals surface area contributed by atoms with Crippen LogP contribution in [0.2, 0.25) is 5.02 Å². The number of halogens is 2. The van der Waals surface area contributed by atoms with Crippen molar-refractivity contribution < 1.29 is 9.50 Å². The lowest BCUT2D eigenvalue weighted by Gasteiger charge is -2.25. The van der Waals surface area contributed by atoms with Crippen LogP contribution in [0.15, 0.2) is 18.2 Å². The Kier molecular flexibility index (Phi) is 4.12. The van der Waals surface area contributed by atoms with Gasteiger partial charge in [0.2, 0.25) is 0 Å². The number of rotatable bonds is 4. The Bertz CT molecular complexity index is 334. The summed E-state index contributed by atoms with van der Waals surface area (Å²) in [5, 5.41) is 10.2. The molecule has 0 saturated carbocycles. The van der Waals surface area contributed by atoms with Crippen molar-refractivity contribution in [2.45, 2.75) is 38.7 Å². The molecule has 0 spiro atoms. The van der Waals surface area contributed by atoms with Crippen LogP contribution in [0.1, 0.15) is 32.3 Å². The molecule has 0 heterocycles. The van der Waals surface area contributed by atoms with E-state index in [0.717, 1.165) is 0 Å². The molecule has 0 aliphatic rings. The van der Waals surface area contributed by atoms with Crippen LogP contribution < -0.4 is 0 Å². The van der Waals surface area contributed by atoms with E-state index in [2.05, 4.69) is 0 Å². The molecule has 0 atom stereocenters. The van der Waals surface area contributed by atoms with Gasteiger partial charge < -0.3 is 5.11 Å². The van der Waals surface area contributed by atoms with Gasteiger partial charge >= 0.3 is 0 Å². The fraction of sp³-hybridized carbons (Fsp3) is 0.500. The Balaban J connectivity index is 2.94. The third-order valence-electron chi connectivity index (χ3n) is 2.87. The highest BCUT2D eigenvalue weighted by molar-refractivity contribution is 6.30. The number of aliphatic hydroxyl groups is 1. The summed E-state index contributed by atoms with van der Waals surface area (Å²) >= 11 is 5.67. The van der Waals surface area contributed by atoms with Crippen molar-refractivity contribution in [2.75, 3.05) is 0 Å². The highest BCUT2D eigenvalue weighted by Crippen LogP contribution is 2.25. The molecular formula is C12H16ClFO. The number of hydrogen-bond donors (Lipinski definition) is 1. The number of hydrogen-bond acceptors (Lipinski definition) is 1. The molecule has 0 radical (unpaired) electrons. The molecule has 0 unspecified atom stereocenters. The second kappa shape index (κ2) is 4.95. The molecule has 3 heteroatoms. The molecule has 0 aliphatic carbocycles. The van der Waals surface area contributed by atoms with Gasteiger partial charge in [0.25, 0.3) is 0 Å². The molecular weight excluding hydrogens is 215 g/mol. The van der Waals surface area contributed by atoms with E-state index < -0.39 is 11.4 Å². The average molecular weight is 231 g/mol. The molecule has 0 aliphatic heterocycles. The lowest BCUT2D eigenvalue weighted by atomic mass is 9.89. The van der Waals surface area contributed by atoms with Crippen LogP contribution in [-0.2, 0) is 6.42 Å². The van der Waals surface area contributed by atoms with Crippen LogP contribution in [0, 0.1) is 5.82 Å². The lowest BCUT2D eigenvalue weighted by Crippen LogP contribution is -2.29. The van der Waals surface area contributed by atoms with E-state index in [-0.39, 0.29) is 5.02 Å². The van der Waals surface area contributed by atoms with Crippen LogP contribution >= 0.6 is 11.6 Å². The quantitative estimate of drug-likeness (QED) is 0.839. The lowest BCUT2D eigenvalue weighted by molar-refractivity contribution is 0.0318. The summed E-state index contributed by atoms with van der Waals surface area (Å²) in [5.74, 6) is -0.417. The molecule has 1 rings (SSSR count). The maximum absolute atomic E-state index is 13.6. The molecule has 15 heavy (non-hydrogen) atoms. The van der Waals surface area contributed by atoms with Gasteiger partial charge in [-0.3, -0.25) is 0 Å². The van der Waals surface area contributed by atoms with E-state index in [1.54, 1.807) is 12.1 Å². The molecule has 0 aromatic heterocycles. The van der Waals surface area contributed by atoms with Crippen LogP contribution in [0.5, 0.6) is 0 Å².